The highest BCUT2D eigenvalue weighted by Gasteiger charge is 2.14. The lowest BCUT2D eigenvalue weighted by Gasteiger charge is -2.14. The summed E-state index contributed by atoms with van der Waals surface area (Å²) in [5.74, 6) is 1.93. The zero-order chi connectivity index (χ0) is 19.8. The van der Waals surface area contributed by atoms with Gasteiger partial charge in [-0.2, -0.15) is 0 Å². The van der Waals surface area contributed by atoms with Crippen LogP contribution in [0.4, 0.5) is 0 Å². The van der Waals surface area contributed by atoms with Crippen LogP contribution in [-0.4, -0.2) is 41.0 Å². The molecule has 144 valence electrons. The van der Waals surface area contributed by atoms with Crippen molar-refractivity contribution in [1.82, 2.24) is 0 Å². The standard InChI is InChI=1S/C21H24O6/c1-6-27-21(22)13-18(14-7-8-19(25-4)20(11-14)26-5)15-9-16(23-2)12-17(10-15)24-3/h7-13H,6H2,1-5H3. The van der Waals surface area contributed by atoms with Crippen molar-refractivity contribution in [2.75, 3.05) is 35.0 Å². The first-order valence-corrected chi connectivity index (χ1v) is 8.40. The summed E-state index contributed by atoms with van der Waals surface area (Å²) in [5.41, 5.74) is 2.15. The predicted molar refractivity (Wildman–Crippen MR) is 103 cm³/mol. The van der Waals surface area contributed by atoms with Crippen LogP contribution in [0.1, 0.15) is 18.1 Å². The molecule has 0 atom stereocenters. The molecule has 0 aliphatic carbocycles. The number of carbonyl (C=O) groups is 1. The molecule has 0 heterocycles. The Bertz CT molecular complexity index is 803. The fourth-order valence-corrected chi connectivity index (χ4v) is 2.60. The zero-order valence-corrected chi connectivity index (χ0v) is 16.2. The van der Waals surface area contributed by atoms with Crippen molar-refractivity contribution < 1.29 is 28.5 Å². The van der Waals surface area contributed by atoms with Crippen LogP contribution >= 0.6 is 0 Å². The van der Waals surface area contributed by atoms with Gasteiger partial charge in [-0.25, -0.2) is 4.79 Å². The van der Waals surface area contributed by atoms with Gasteiger partial charge in [0.05, 0.1) is 35.0 Å². The summed E-state index contributed by atoms with van der Waals surface area (Å²) in [6.45, 7) is 2.05. The van der Waals surface area contributed by atoms with Crippen LogP contribution < -0.4 is 18.9 Å². The first kappa shape index (κ1) is 20.2. The van der Waals surface area contributed by atoms with Gasteiger partial charge < -0.3 is 23.7 Å². The lowest BCUT2D eigenvalue weighted by atomic mass is 9.96. The average molecular weight is 372 g/mol. The lowest BCUT2D eigenvalue weighted by Crippen LogP contribution is -2.02. The van der Waals surface area contributed by atoms with Crippen LogP contribution in [0.5, 0.6) is 23.0 Å². The largest absolute Gasteiger partial charge is 0.497 e. The predicted octanol–water partition coefficient (Wildman–Crippen LogP) is 3.72. The van der Waals surface area contributed by atoms with Crippen LogP contribution in [0.15, 0.2) is 42.5 Å². The number of hydrogen-bond acceptors (Lipinski definition) is 6. The summed E-state index contributed by atoms with van der Waals surface area (Å²) in [5, 5.41) is 0. The molecule has 0 saturated heterocycles. The van der Waals surface area contributed by atoms with Gasteiger partial charge in [0, 0.05) is 12.1 Å². The van der Waals surface area contributed by atoms with Crippen molar-refractivity contribution in [1.29, 1.82) is 0 Å². The summed E-state index contributed by atoms with van der Waals surface area (Å²) in [7, 11) is 6.28. The Morgan fingerprint density at radius 2 is 1.44 bits per heavy atom. The van der Waals surface area contributed by atoms with Gasteiger partial charge in [0.15, 0.2) is 11.5 Å². The van der Waals surface area contributed by atoms with Crippen LogP contribution in [0.2, 0.25) is 0 Å². The highest BCUT2D eigenvalue weighted by Crippen LogP contribution is 2.35. The second kappa shape index (κ2) is 9.52. The van der Waals surface area contributed by atoms with Gasteiger partial charge in [-0.3, -0.25) is 0 Å². The van der Waals surface area contributed by atoms with Crippen LogP contribution in [0.25, 0.3) is 5.57 Å². The van der Waals surface area contributed by atoms with Crippen LogP contribution in [0.3, 0.4) is 0 Å². The Hall–Kier alpha value is -3.15. The molecular weight excluding hydrogens is 348 g/mol. The van der Waals surface area contributed by atoms with Gasteiger partial charge in [-0.05, 0) is 47.9 Å². The van der Waals surface area contributed by atoms with E-state index in [2.05, 4.69) is 0 Å². The molecule has 0 fully saturated rings. The molecule has 0 unspecified atom stereocenters. The SMILES string of the molecule is CCOC(=O)C=C(c1cc(OC)cc(OC)c1)c1ccc(OC)c(OC)c1. The molecule has 0 saturated carbocycles. The molecule has 2 rings (SSSR count). The Morgan fingerprint density at radius 3 is 1.96 bits per heavy atom. The fourth-order valence-electron chi connectivity index (χ4n) is 2.60. The molecule has 2 aromatic rings. The van der Waals surface area contributed by atoms with E-state index in [4.69, 9.17) is 23.7 Å². The molecule has 0 aromatic heterocycles. The third kappa shape index (κ3) is 4.94. The number of benzene rings is 2. The van der Waals surface area contributed by atoms with Crippen molar-refractivity contribution in [3.8, 4) is 23.0 Å². The molecule has 27 heavy (non-hydrogen) atoms. The summed E-state index contributed by atoms with van der Waals surface area (Å²) in [6.07, 6.45) is 1.44. The summed E-state index contributed by atoms with van der Waals surface area (Å²) in [4.78, 5) is 12.2. The van der Waals surface area contributed by atoms with E-state index < -0.39 is 5.97 Å². The number of methoxy groups -OCH3 is 4. The molecule has 0 N–H and O–H groups in total. The number of esters is 1. The van der Waals surface area contributed by atoms with Gasteiger partial charge >= 0.3 is 5.97 Å². The normalized spacial score (nSPS) is 10.9. The van der Waals surface area contributed by atoms with E-state index in [1.165, 1.54) is 6.08 Å². The van der Waals surface area contributed by atoms with Gasteiger partial charge in [-0.1, -0.05) is 6.07 Å². The summed E-state index contributed by atoms with van der Waals surface area (Å²) in [6, 6.07) is 10.8. The molecule has 6 heteroatoms. The van der Waals surface area contributed by atoms with Crippen molar-refractivity contribution in [2.45, 2.75) is 6.92 Å². The molecule has 0 bridgehead atoms. The second-order valence-electron chi connectivity index (χ2n) is 5.48. The van der Waals surface area contributed by atoms with Gasteiger partial charge in [0.1, 0.15) is 11.5 Å². The van der Waals surface area contributed by atoms with E-state index in [0.29, 0.717) is 28.6 Å². The number of ether oxygens (including phenoxy) is 5. The summed E-state index contributed by atoms with van der Waals surface area (Å²) >= 11 is 0. The third-order valence-electron chi connectivity index (χ3n) is 3.91. The lowest BCUT2D eigenvalue weighted by molar-refractivity contribution is -0.137. The van der Waals surface area contributed by atoms with Gasteiger partial charge in [0.2, 0.25) is 0 Å². The van der Waals surface area contributed by atoms with E-state index in [1.54, 1.807) is 53.6 Å². The first-order chi connectivity index (χ1) is 13.1. The van der Waals surface area contributed by atoms with E-state index in [0.717, 1.165) is 11.1 Å². The number of rotatable bonds is 8. The summed E-state index contributed by atoms with van der Waals surface area (Å²) < 4.78 is 26.5. The van der Waals surface area contributed by atoms with Gasteiger partial charge in [0.25, 0.3) is 0 Å². The zero-order valence-electron chi connectivity index (χ0n) is 16.2. The monoisotopic (exact) mass is 372 g/mol. The molecule has 0 spiro atoms. The molecule has 0 aliphatic heterocycles. The van der Waals surface area contributed by atoms with Gasteiger partial charge in [-0.15, -0.1) is 0 Å². The van der Waals surface area contributed by atoms with E-state index in [9.17, 15) is 4.79 Å². The van der Waals surface area contributed by atoms with Crippen molar-refractivity contribution >= 4 is 11.5 Å². The number of carbonyl (C=O) groups excluding carboxylic acids is 1. The Morgan fingerprint density at radius 1 is 0.815 bits per heavy atom. The van der Waals surface area contributed by atoms with E-state index in [-0.39, 0.29) is 6.61 Å². The molecular formula is C21H24O6. The maximum atomic E-state index is 12.2. The van der Waals surface area contributed by atoms with Crippen LogP contribution in [0, 0.1) is 0 Å². The second-order valence-corrected chi connectivity index (χ2v) is 5.48. The smallest absolute Gasteiger partial charge is 0.331 e. The van der Waals surface area contributed by atoms with Crippen molar-refractivity contribution in [3.63, 3.8) is 0 Å². The molecule has 0 radical (unpaired) electrons. The third-order valence-corrected chi connectivity index (χ3v) is 3.91. The molecule has 2 aromatic carbocycles. The number of hydrogen-bond donors (Lipinski definition) is 0. The first-order valence-electron chi connectivity index (χ1n) is 8.40. The highest BCUT2D eigenvalue weighted by atomic mass is 16.5. The molecule has 0 amide bonds. The van der Waals surface area contributed by atoms with Crippen molar-refractivity contribution in [3.05, 3.63) is 53.6 Å². The fraction of sp³-hybridized carbons (Fsp3) is 0.286. The van der Waals surface area contributed by atoms with Crippen LogP contribution in [-0.2, 0) is 9.53 Å². The Labute approximate surface area is 159 Å². The minimum Gasteiger partial charge on any atom is -0.497 e. The topological polar surface area (TPSA) is 63.2 Å². The van der Waals surface area contributed by atoms with Crippen molar-refractivity contribution in [2.24, 2.45) is 0 Å². The minimum absolute atomic E-state index is 0.288. The van der Waals surface area contributed by atoms with E-state index >= 15 is 0 Å². The maximum Gasteiger partial charge on any atom is 0.331 e. The van der Waals surface area contributed by atoms with E-state index in [1.807, 2.05) is 18.2 Å². The highest BCUT2D eigenvalue weighted by molar-refractivity contribution is 5.96. The maximum absolute atomic E-state index is 12.2. The molecule has 0 aliphatic rings. The average Bonchev–Trinajstić information content (AvgIpc) is 2.71. The Kier molecular flexibility index (Phi) is 7.11. The quantitative estimate of drug-likeness (QED) is 0.520. The molecule has 6 nitrogen and oxygen atoms in total. The minimum atomic E-state index is -0.441. The Balaban J connectivity index is 2.64.